The van der Waals surface area contributed by atoms with Gasteiger partial charge in [0.1, 0.15) is 0 Å². The molecule has 1 heterocycles. The third-order valence-electron chi connectivity index (χ3n) is 4.31. The number of β-amino-alcohol motifs (C(OH)–C–C–N with tert-alkyl or cyclic N) is 1. The van der Waals surface area contributed by atoms with Crippen LogP contribution in [0.5, 0.6) is 0 Å². The molecule has 1 saturated heterocycles. The van der Waals surface area contributed by atoms with E-state index in [-0.39, 0.29) is 12.0 Å². The van der Waals surface area contributed by atoms with E-state index < -0.39 is 0 Å². The molecule has 3 atom stereocenters. The molecule has 0 aromatic carbocycles. The minimum atomic E-state index is -0.250. The van der Waals surface area contributed by atoms with Crippen molar-refractivity contribution in [3.63, 3.8) is 0 Å². The lowest BCUT2D eigenvalue weighted by molar-refractivity contribution is -0.124. The van der Waals surface area contributed by atoms with Gasteiger partial charge in [-0.25, -0.2) is 0 Å². The molecular weight excluding hydrogens is 228 g/mol. The van der Waals surface area contributed by atoms with Crippen LogP contribution < -0.4 is 5.32 Å². The van der Waals surface area contributed by atoms with Crippen LogP contribution in [0.25, 0.3) is 0 Å². The second-order valence-electron chi connectivity index (χ2n) is 5.97. The van der Waals surface area contributed by atoms with Gasteiger partial charge in [0.15, 0.2) is 0 Å². The van der Waals surface area contributed by atoms with Crippen molar-refractivity contribution >= 4 is 5.91 Å². The van der Waals surface area contributed by atoms with E-state index in [0.717, 1.165) is 25.8 Å². The first-order valence-corrected chi connectivity index (χ1v) is 7.35. The van der Waals surface area contributed by atoms with Crippen LogP contribution in [0.4, 0.5) is 0 Å². The van der Waals surface area contributed by atoms with Gasteiger partial charge in [-0.05, 0) is 38.1 Å². The Hall–Kier alpha value is -0.610. The number of hydrogen-bond donors (Lipinski definition) is 2. The lowest BCUT2D eigenvalue weighted by Crippen LogP contribution is -2.48. The third kappa shape index (κ3) is 3.95. The summed E-state index contributed by atoms with van der Waals surface area (Å²) in [4.78, 5) is 14.1. The Bertz CT molecular complexity index is 283. The zero-order valence-electron chi connectivity index (χ0n) is 11.4. The van der Waals surface area contributed by atoms with E-state index in [2.05, 4.69) is 17.1 Å². The van der Waals surface area contributed by atoms with Gasteiger partial charge in [0.2, 0.25) is 5.91 Å². The molecular formula is C14H26N2O2. The molecule has 0 aromatic heterocycles. The number of rotatable bonds is 3. The fourth-order valence-electron chi connectivity index (χ4n) is 3.16. The Morgan fingerprint density at radius 3 is 2.78 bits per heavy atom. The molecule has 0 spiro atoms. The van der Waals surface area contributed by atoms with Crippen molar-refractivity contribution < 1.29 is 9.90 Å². The molecule has 1 amide bonds. The monoisotopic (exact) mass is 254 g/mol. The van der Waals surface area contributed by atoms with E-state index in [4.69, 9.17) is 0 Å². The zero-order chi connectivity index (χ0) is 13.0. The Kier molecular flexibility index (Phi) is 5.01. The smallest absolute Gasteiger partial charge is 0.234 e. The zero-order valence-corrected chi connectivity index (χ0v) is 11.4. The second kappa shape index (κ2) is 6.53. The lowest BCUT2D eigenvalue weighted by atomic mass is 9.86. The van der Waals surface area contributed by atoms with Gasteiger partial charge in [-0.2, -0.15) is 0 Å². The first-order chi connectivity index (χ1) is 8.65. The molecule has 3 unspecified atom stereocenters. The normalized spacial score (nSPS) is 34.2. The Morgan fingerprint density at radius 2 is 2.06 bits per heavy atom. The number of nitrogens with zero attached hydrogens (tertiary/aromatic N) is 1. The Balaban J connectivity index is 1.74. The van der Waals surface area contributed by atoms with Gasteiger partial charge in [-0.3, -0.25) is 9.69 Å². The summed E-state index contributed by atoms with van der Waals surface area (Å²) >= 11 is 0. The predicted octanol–water partition coefficient (Wildman–Crippen LogP) is 1.14. The summed E-state index contributed by atoms with van der Waals surface area (Å²) < 4.78 is 0. The number of likely N-dealkylation sites (tertiary alicyclic amines) is 1. The van der Waals surface area contributed by atoms with Crippen LogP contribution >= 0.6 is 0 Å². The number of nitrogens with one attached hydrogen (secondary N) is 1. The molecule has 4 heteroatoms. The van der Waals surface area contributed by atoms with Crippen LogP contribution in [0, 0.1) is 5.92 Å². The van der Waals surface area contributed by atoms with E-state index in [1.54, 1.807) is 0 Å². The molecule has 2 N–H and O–H groups in total. The molecule has 1 aliphatic heterocycles. The molecule has 104 valence electrons. The summed E-state index contributed by atoms with van der Waals surface area (Å²) in [6.45, 7) is 4.26. The minimum Gasteiger partial charge on any atom is -0.392 e. The van der Waals surface area contributed by atoms with Gasteiger partial charge in [-0.15, -0.1) is 0 Å². The summed E-state index contributed by atoms with van der Waals surface area (Å²) in [6, 6.07) is 0.362. The average Bonchev–Trinajstić information content (AvgIpc) is 2.32. The molecule has 4 nitrogen and oxygen atoms in total. The lowest BCUT2D eigenvalue weighted by Gasteiger charge is -2.32. The van der Waals surface area contributed by atoms with E-state index in [1.807, 2.05) is 0 Å². The van der Waals surface area contributed by atoms with Crippen molar-refractivity contribution in [1.82, 2.24) is 10.2 Å². The molecule has 1 aliphatic carbocycles. The molecule has 0 aromatic rings. The highest BCUT2D eigenvalue weighted by Gasteiger charge is 2.24. The largest absolute Gasteiger partial charge is 0.392 e. The number of aliphatic hydroxyl groups excluding tert-OH is 1. The molecule has 2 rings (SSSR count). The molecule has 2 aliphatic rings. The van der Waals surface area contributed by atoms with Gasteiger partial charge < -0.3 is 10.4 Å². The van der Waals surface area contributed by atoms with E-state index >= 15 is 0 Å². The van der Waals surface area contributed by atoms with Crippen molar-refractivity contribution in [1.29, 1.82) is 0 Å². The third-order valence-corrected chi connectivity index (χ3v) is 4.31. The quantitative estimate of drug-likeness (QED) is 0.794. The first kappa shape index (κ1) is 13.8. The molecule has 0 bridgehead atoms. The molecule has 0 radical (unpaired) electrons. The Morgan fingerprint density at radius 1 is 1.28 bits per heavy atom. The summed E-state index contributed by atoms with van der Waals surface area (Å²) in [5.41, 5.74) is 0. The first-order valence-electron chi connectivity index (χ1n) is 7.35. The van der Waals surface area contributed by atoms with Crippen LogP contribution in [0.2, 0.25) is 0 Å². The number of amides is 1. The maximum atomic E-state index is 12.0. The summed E-state index contributed by atoms with van der Waals surface area (Å²) in [7, 11) is 0. The highest BCUT2D eigenvalue weighted by atomic mass is 16.3. The highest BCUT2D eigenvalue weighted by Crippen LogP contribution is 2.23. The van der Waals surface area contributed by atoms with Gasteiger partial charge in [0.25, 0.3) is 0 Å². The van der Waals surface area contributed by atoms with Gasteiger partial charge in [0.05, 0.1) is 12.6 Å². The molecule has 2 fully saturated rings. The number of hydrogen-bond acceptors (Lipinski definition) is 3. The Labute approximate surface area is 110 Å². The second-order valence-corrected chi connectivity index (χ2v) is 5.97. The predicted molar refractivity (Wildman–Crippen MR) is 71.2 cm³/mol. The summed E-state index contributed by atoms with van der Waals surface area (Å²) in [5.74, 6) is 0.734. The standard InChI is InChI=1S/C14H26N2O2/c1-11-5-2-3-7-13(11)15-14(18)10-16-8-4-6-12(17)9-16/h11-13,17H,2-10H2,1H3,(H,15,18). The maximum absolute atomic E-state index is 12.0. The van der Waals surface area contributed by atoms with Crippen LogP contribution in [0.15, 0.2) is 0 Å². The van der Waals surface area contributed by atoms with Crippen molar-refractivity contribution in [2.45, 2.75) is 57.6 Å². The molecule has 18 heavy (non-hydrogen) atoms. The van der Waals surface area contributed by atoms with Crippen LogP contribution in [-0.4, -0.2) is 47.7 Å². The van der Waals surface area contributed by atoms with Crippen molar-refractivity contribution in [2.24, 2.45) is 5.92 Å². The van der Waals surface area contributed by atoms with Crippen molar-refractivity contribution in [2.75, 3.05) is 19.6 Å². The van der Waals surface area contributed by atoms with Gasteiger partial charge in [0, 0.05) is 12.6 Å². The number of carbonyl (C=O) groups is 1. The van der Waals surface area contributed by atoms with Crippen molar-refractivity contribution in [3.05, 3.63) is 0 Å². The molecule has 1 saturated carbocycles. The van der Waals surface area contributed by atoms with Crippen LogP contribution in [-0.2, 0) is 4.79 Å². The van der Waals surface area contributed by atoms with Crippen molar-refractivity contribution in [3.8, 4) is 0 Å². The average molecular weight is 254 g/mol. The number of carbonyl (C=O) groups excluding carboxylic acids is 1. The van der Waals surface area contributed by atoms with Gasteiger partial charge >= 0.3 is 0 Å². The minimum absolute atomic E-state index is 0.128. The summed E-state index contributed by atoms with van der Waals surface area (Å²) in [5, 5.41) is 12.8. The fraction of sp³-hybridized carbons (Fsp3) is 0.929. The van der Waals surface area contributed by atoms with Crippen LogP contribution in [0.3, 0.4) is 0 Å². The maximum Gasteiger partial charge on any atom is 0.234 e. The van der Waals surface area contributed by atoms with Gasteiger partial charge in [-0.1, -0.05) is 19.8 Å². The fourth-order valence-corrected chi connectivity index (χ4v) is 3.16. The number of aliphatic hydroxyl groups is 1. The van der Waals surface area contributed by atoms with Crippen LogP contribution in [0.1, 0.15) is 45.4 Å². The summed E-state index contributed by atoms with van der Waals surface area (Å²) in [6.07, 6.45) is 6.50. The number of piperidine rings is 1. The van der Waals surface area contributed by atoms with E-state index in [1.165, 1.54) is 19.3 Å². The van der Waals surface area contributed by atoms with E-state index in [9.17, 15) is 9.90 Å². The highest BCUT2D eigenvalue weighted by molar-refractivity contribution is 5.78. The topological polar surface area (TPSA) is 52.6 Å². The van der Waals surface area contributed by atoms with E-state index in [0.29, 0.717) is 25.0 Å². The SMILES string of the molecule is CC1CCCCC1NC(=O)CN1CCCC(O)C1.